The first-order valence-corrected chi connectivity index (χ1v) is 6.22. The van der Waals surface area contributed by atoms with E-state index in [9.17, 15) is 5.11 Å². The van der Waals surface area contributed by atoms with Gasteiger partial charge < -0.3 is 8.17 Å². The third kappa shape index (κ3) is 2.01. The maximum Gasteiger partial charge on any atom is 0.192 e. The van der Waals surface area contributed by atoms with E-state index in [1.54, 1.807) is 22.9 Å². The van der Waals surface area contributed by atoms with Crippen molar-refractivity contribution in [3.05, 3.63) is 48.7 Å². The summed E-state index contributed by atoms with van der Waals surface area (Å²) in [6, 6.07) is 12.7. The van der Waals surface area contributed by atoms with Crippen LogP contribution in [0.3, 0.4) is 0 Å². The molecule has 0 amide bonds. The first-order valence-electron chi connectivity index (χ1n) is 5.34. The van der Waals surface area contributed by atoms with Crippen molar-refractivity contribution in [1.82, 2.24) is 9.78 Å². The minimum atomic E-state index is 0.246. The Hall–Kier alpha value is -1.76. The van der Waals surface area contributed by atoms with Gasteiger partial charge in [0.15, 0.2) is 23.0 Å². The Labute approximate surface area is 117 Å². The predicted octanol–water partition coefficient (Wildman–Crippen LogP) is 3.46. The highest BCUT2D eigenvalue weighted by Crippen LogP contribution is 2.22. The predicted molar refractivity (Wildman–Crippen MR) is 77.4 cm³/mol. The van der Waals surface area contributed by atoms with Crippen LogP contribution < -0.4 is 3.07 Å². The van der Waals surface area contributed by atoms with E-state index in [1.807, 2.05) is 53.5 Å². The van der Waals surface area contributed by atoms with Gasteiger partial charge in [-0.25, -0.2) is 4.68 Å². The van der Waals surface area contributed by atoms with Crippen molar-refractivity contribution < 1.29 is 8.17 Å². The van der Waals surface area contributed by atoms with Gasteiger partial charge in [-0.15, -0.1) is 0 Å². The molecule has 5 heteroatoms. The Kier molecular flexibility index (Phi) is 2.83. The number of hydrogen-bond acceptors (Lipinski definition) is 3. The average Bonchev–Trinajstić information content (AvgIpc) is 2.81. The van der Waals surface area contributed by atoms with Crippen LogP contribution in [0.4, 0.5) is 0 Å². The molecule has 1 aromatic heterocycles. The van der Waals surface area contributed by atoms with Gasteiger partial charge in [0.05, 0.1) is 11.2 Å². The molecule has 0 aliphatic carbocycles. The lowest BCUT2D eigenvalue weighted by Crippen LogP contribution is -1.93. The fourth-order valence-electron chi connectivity index (χ4n) is 1.80. The van der Waals surface area contributed by atoms with Crippen molar-refractivity contribution >= 4 is 33.9 Å². The topological polar surface area (TPSA) is 47.3 Å². The van der Waals surface area contributed by atoms with Gasteiger partial charge in [-0.05, 0) is 42.5 Å². The van der Waals surface area contributed by atoms with Gasteiger partial charge in [-0.3, -0.25) is 0 Å². The summed E-state index contributed by atoms with van der Waals surface area (Å²) < 4.78 is 6.87. The summed E-state index contributed by atoms with van der Waals surface area (Å²) >= 11 is 1.84. The second kappa shape index (κ2) is 4.49. The molecule has 18 heavy (non-hydrogen) atoms. The number of phenols is 1. The number of phenolic OH excluding ortho intramolecular Hbond substituents is 1. The molecular weight excluding hydrogens is 343 g/mol. The van der Waals surface area contributed by atoms with Crippen LogP contribution in [0, 0.1) is 0 Å². The highest BCUT2D eigenvalue weighted by atomic mass is 127. The zero-order valence-corrected chi connectivity index (χ0v) is 11.4. The molecule has 1 N–H and O–H groups in total. The maximum absolute atomic E-state index is 9.42. The molecule has 0 atom stereocenters. The van der Waals surface area contributed by atoms with E-state index in [1.165, 1.54) is 0 Å². The van der Waals surface area contributed by atoms with Crippen LogP contribution in [0.15, 0.2) is 48.7 Å². The number of nitrogens with zero attached hydrogens (tertiary/aromatic N) is 2. The molecule has 1 heterocycles. The van der Waals surface area contributed by atoms with Gasteiger partial charge in [-0.2, -0.15) is 5.10 Å². The quantitative estimate of drug-likeness (QED) is 0.719. The lowest BCUT2D eigenvalue weighted by Gasteiger charge is -2.01. The Morgan fingerprint density at radius 2 is 1.89 bits per heavy atom. The number of benzene rings is 2. The van der Waals surface area contributed by atoms with E-state index in [-0.39, 0.29) is 5.75 Å². The van der Waals surface area contributed by atoms with Gasteiger partial charge in [0, 0.05) is 11.6 Å². The van der Waals surface area contributed by atoms with Gasteiger partial charge in [0.2, 0.25) is 0 Å². The van der Waals surface area contributed by atoms with Crippen LogP contribution in [-0.2, 0) is 0 Å². The third-order valence-electron chi connectivity index (χ3n) is 2.68. The van der Waals surface area contributed by atoms with Gasteiger partial charge in [-0.1, -0.05) is 0 Å². The molecule has 0 bridgehead atoms. The Morgan fingerprint density at radius 1 is 1.11 bits per heavy atom. The van der Waals surface area contributed by atoms with E-state index in [0.717, 1.165) is 22.3 Å². The van der Waals surface area contributed by atoms with Crippen molar-refractivity contribution in [2.75, 3.05) is 0 Å². The van der Waals surface area contributed by atoms with Crippen LogP contribution in [0.2, 0.25) is 0 Å². The molecule has 0 aliphatic heterocycles. The molecule has 0 saturated heterocycles. The van der Waals surface area contributed by atoms with Gasteiger partial charge >= 0.3 is 0 Å². The zero-order valence-electron chi connectivity index (χ0n) is 9.25. The van der Waals surface area contributed by atoms with Crippen molar-refractivity contribution in [3.8, 4) is 17.2 Å². The minimum absolute atomic E-state index is 0.246. The molecule has 3 rings (SSSR count). The SMILES string of the molecule is Oc1ccc2nn(-c3ccc(OI)cc3)cc2c1. The van der Waals surface area contributed by atoms with Crippen LogP contribution in [0.5, 0.6) is 11.5 Å². The van der Waals surface area contributed by atoms with E-state index in [2.05, 4.69) is 5.10 Å². The van der Waals surface area contributed by atoms with Crippen molar-refractivity contribution in [3.63, 3.8) is 0 Å². The van der Waals surface area contributed by atoms with Crippen LogP contribution >= 0.6 is 23.0 Å². The smallest absolute Gasteiger partial charge is 0.192 e. The summed E-state index contributed by atoms with van der Waals surface area (Å²) in [4.78, 5) is 0. The molecule has 0 radical (unpaired) electrons. The second-order valence-corrected chi connectivity index (χ2v) is 4.33. The largest absolute Gasteiger partial charge is 0.508 e. The molecule has 4 nitrogen and oxygen atoms in total. The Morgan fingerprint density at radius 3 is 2.61 bits per heavy atom. The third-order valence-corrected chi connectivity index (χ3v) is 3.19. The normalized spacial score (nSPS) is 10.7. The Balaban J connectivity index is 2.07. The van der Waals surface area contributed by atoms with Crippen molar-refractivity contribution in [2.24, 2.45) is 0 Å². The molecule has 0 spiro atoms. The minimum Gasteiger partial charge on any atom is -0.508 e. The standard InChI is InChI=1S/C13H9IN2O2/c14-18-12-4-1-10(2-5-12)16-8-9-7-11(17)3-6-13(9)15-16/h1-8,17H. The van der Waals surface area contributed by atoms with Crippen LogP contribution in [0.1, 0.15) is 0 Å². The number of aromatic hydroxyl groups is 1. The zero-order chi connectivity index (χ0) is 12.5. The number of hydrogen-bond donors (Lipinski definition) is 1. The number of aromatic nitrogens is 2. The summed E-state index contributed by atoms with van der Waals surface area (Å²) in [5.41, 5.74) is 1.80. The summed E-state index contributed by atoms with van der Waals surface area (Å²) in [7, 11) is 0. The Bertz CT molecular complexity index is 692. The van der Waals surface area contributed by atoms with Crippen LogP contribution in [-0.4, -0.2) is 14.9 Å². The fourth-order valence-corrected chi connectivity index (χ4v) is 2.09. The molecule has 0 fully saturated rings. The van der Waals surface area contributed by atoms with Crippen molar-refractivity contribution in [2.45, 2.75) is 0 Å². The fraction of sp³-hybridized carbons (Fsp3) is 0. The van der Waals surface area contributed by atoms with Crippen LogP contribution in [0.25, 0.3) is 16.6 Å². The summed E-state index contributed by atoms with van der Waals surface area (Å²) in [6.07, 6.45) is 1.88. The number of halogens is 1. The summed E-state index contributed by atoms with van der Waals surface area (Å²) in [6.45, 7) is 0. The molecule has 2 aromatic carbocycles. The molecule has 90 valence electrons. The summed E-state index contributed by atoms with van der Waals surface area (Å²) in [5, 5.41) is 14.8. The highest BCUT2D eigenvalue weighted by Gasteiger charge is 2.03. The van der Waals surface area contributed by atoms with Gasteiger partial charge in [0.25, 0.3) is 0 Å². The monoisotopic (exact) mass is 352 g/mol. The van der Waals surface area contributed by atoms with E-state index in [0.29, 0.717) is 0 Å². The highest BCUT2D eigenvalue weighted by molar-refractivity contribution is 14.1. The molecule has 0 unspecified atom stereocenters. The molecule has 0 saturated carbocycles. The summed E-state index contributed by atoms with van der Waals surface area (Å²) in [5.74, 6) is 1.05. The molecule has 0 aliphatic rings. The average molecular weight is 352 g/mol. The number of rotatable bonds is 2. The first-order chi connectivity index (χ1) is 8.76. The number of fused-ring (bicyclic) bond motifs is 1. The lowest BCUT2D eigenvalue weighted by molar-refractivity contribution is 0.476. The molecule has 3 aromatic rings. The van der Waals surface area contributed by atoms with Crippen molar-refractivity contribution in [1.29, 1.82) is 0 Å². The van der Waals surface area contributed by atoms with Gasteiger partial charge in [0.1, 0.15) is 11.5 Å². The van der Waals surface area contributed by atoms with E-state index < -0.39 is 0 Å². The maximum atomic E-state index is 9.42. The lowest BCUT2D eigenvalue weighted by atomic mass is 10.2. The first kappa shape index (κ1) is 11.3. The molecular formula is C13H9IN2O2. The van der Waals surface area contributed by atoms with E-state index in [4.69, 9.17) is 3.07 Å². The van der Waals surface area contributed by atoms with E-state index >= 15 is 0 Å². The second-order valence-electron chi connectivity index (χ2n) is 3.89.